The highest BCUT2D eigenvalue weighted by Gasteiger charge is 2.18. The fourth-order valence-corrected chi connectivity index (χ4v) is 2.31. The van der Waals surface area contributed by atoms with E-state index in [9.17, 15) is 0 Å². The van der Waals surface area contributed by atoms with Crippen LogP contribution in [0.25, 0.3) is 0 Å². The smallest absolute Gasteiger partial charge is 0.138 e. The molecule has 0 aromatic heterocycles. The van der Waals surface area contributed by atoms with Gasteiger partial charge in [-0.3, -0.25) is 0 Å². The summed E-state index contributed by atoms with van der Waals surface area (Å²) in [5.41, 5.74) is 8.34. The van der Waals surface area contributed by atoms with Crippen LogP contribution >= 0.6 is 11.6 Å². The summed E-state index contributed by atoms with van der Waals surface area (Å²) in [6.45, 7) is 4.07. The number of aryl methyl sites for hydroxylation is 1. The third-order valence-electron chi connectivity index (χ3n) is 3.25. The van der Waals surface area contributed by atoms with Crippen LogP contribution in [0.15, 0.2) is 48.5 Å². The minimum atomic E-state index is -0.207. The van der Waals surface area contributed by atoms with Gasteiger partial charge in [-0.05, 0) is 48.7 Å². The van der Waals surface area contributed by atoms with Crippen LogP contribution in [0.2, 0.25) is 5.02 Å². The zero-order chi connectivity index (χ0) is 14.5. The molecule has 0 saturated carbocycles. The van der Waals surface area contributed by atoms with Crippen molar-refractivity contribution in [3.8, 4) is 5.75 Å². The van der Waals surface area contributed by atoms with Crippen LogP contribution in [-0.2, 0) is 6.42 Å². The molecule has 2 nitrogen and oxygen atoms in total. The van der Waals surface area contributed by atoms with E-state index in [1.54, 1.807) is 0 Å². The molecule has 0 bridgehead atoms. The van der Waals surface area contributed by atoms with Gasteiger partial charge in [-0.1, -0.05) is 42.8 Å². The van der Waals surface area contributed by atoms with E-state index >= 15 is 0 Å². The Balaban J connectivity index is 2.21. The molecule has 0 saturated heterocycles. The quantitative estimate of drug-likeness (QED) is 0.887. The van der Waals surface area contributed by atoms with Gasteiger partial charge in [0.2, 0.25) is 0 Å². The Morgan fingerprint density at radius 3 is 2.40 bits per heavy atom. The average Bonchev–Trinajstić information content (AvgIpc) is 2.45. The Hall–Kier alpha value is -1.51. The maximum absolute atomic E-state index is 6.05. The topological polar surface area (TPSA) is 35.2 Å². The van der Waals surface area contributed by atoms with Crippen molar-refractivity contribution in [2.45, 2.75) is 32.4 Å². The molecule has 0 aliphatic rings. The first-order valence-electron chi connectivity index (χ1n) is 6.86. The molecule has 0 fully saturated rings. The molecule has 0 amide bonds. The largest absolute Gasteiger partial charge is 0.484 e. The monoisotopic (exact) mass is 289 g/mol. The highest BCUT2D eigenvalue weighted by Crippen LogP contribution is 2.26. The molecule has 0 heterocycles. The molecule has 0 aliphatic heterocycles. The van der Waals surface area contributed by atoms with E-state index in [0.717, 1.165) is 17.7 Å². The van der Waals surface area contributed by atoms with Crippen LogP contribution in [0.1, 0.15) is 31.1 Å². The second kappa shape index (κ2) is 6.78. The lowest BCUT2D eigenvalue weighted by molar-refractivity contribution is 0.180. The maximum Gasteiger partial charge on any atom is 0.138 e. The lowest BCUT2D eigenvalue weighted by Gasteiger charge is -2.23. The molecule has 0 radical (unpaired) electrons. The number of rotatable bonds is 5. The van der Waals surface area contributed by atoms with Crippen LogP contribution in [0.3, 0.4) is 0 Å². The molecule has 2 atom stereocenters. The van der Waals surface area contributed by atoms with Gasteiger partial charge >= 0.3 is 0 Å². The van der Waals surface area contributed by atoms with Gasteiger partial charge in [0.15, 0.2) is 0 Å². The number of halogens is 1. The Bertz CT molecular complexity index is 551. The summed E-state index contributed by atoms with van der Waals surface area (Å²) in [5, 5.41) is 0.693. The summed E-state index contributed by atoms with van der Waals surface area (Å²) in [6, 6.07) is 15.6. The van der Waals surface area contributed by atoms with E-state index in [1.807, 2.05) is 43.3 Å². The van der Waals surface area contributed by atoms with Gasteiger partial charge in [-0.15, -0.1) is 0 Å². The van der Waals surface area contributed by atoms with Crippen molar-refractivity contribution >= 4 is 11.6 Å². The molecule has 2 aromatic carbocycles. The predicted molar refractivity (Wildman–Crippen MR) is 84.3 cm³/mol. The number of ether oxygens (including phenoxy) is 1. The Morgan fingerprint density at radius 1 is 1.15 bits per heavy atom. The standard InChI is InChI=1S/C17H20ClNO/c1-3-13-7-9-16(10-8-13)20-17(12(2)19)14-5-4-6-15(18)11-14/h4-12,17H,3,19H2,1-2H3. The Morgan fingerprint density at radius 2 is 1.85 bits per heavy atom. The van der Waals surface area contributed by atoms with Gasteiger partial charge in [-0.2, -0.15) is 0 Å². The third kappa shape index (κ3) is 3.75. The number of hydrogen-bond donors (Lipinski definition) is 1. The summed E-state index contributed by atoms with van der Waals surface area (Å²) in [6.07, 6.45) is 0.812. The fourth-order valence-electron chi connectivity index (χ4n) is 2.11. The first kappa shape index (κ1) is 14.9. The SMILES string of the molecule is CCc1ccc(OC(c2cccc(Cl)c2)C(C)N)cc1. The van der Waals surface area contributed by atoms with Crippen molar-refractivity contribution in [3.63, 3.8) is 0 Å². The molecule has 2 aromatic rings. The van der Waals surface area contributed by atoms with Crippen LogP contribution in [-0.4, -0.2) is 6.04 Å². The predicted octanol–water partition coefficient (Wildman–Crippen LogP) is 4.37. The highest BCUT2D eigenvalue weighted by molar-refractivity contribution is 6.30. The summed E-state index contributed by atoms with van der Waals surface area (Å²) >= 11 is 6.04. The molecular formula is C17H20ClNO. The van der Waals surface area contributed by atoms with E-state index < -0.39 is 0 Å². The van der Waals surface area contributed by atoms with Crippen molar-refractivity contribution in [3.05, 3.63) is 64.7 Å². The van der Waals surface area contributed by atoms with Crippen molar-refractivity contribution in [2.75, 3.05) is 0 Å². The van der Waals surface area contributed by atoms with Gasteiger partial charge in [-0.25, -0.2) is 0 Å². The molecule has 0 aliphatic carbocycles. The average molecular weight is 290 g/mol. The second-order valence-electron chi connectivity index (χ2n) is 4.95. The molecule has 2 rings (SSSR count). The number of nitrogens with two attached hydrogens (primary N) is 1. The summed E-state index contributed by atoms with van der Waals surface area (Å²) in [7, 11) is 0. The molecule has 106 valence electrons. The van der Waals surface area contributed by atoms with E-state index in [4.69, 9.17) is 22.1 Å². The summed E-state index contributed by atoms with van der Waals surface area (Å²) < 4.78 is 6.03. The fraction of sp³-hybridized carbons (Fsp3) is 0.294. The van der Waals surface area contributed by atoms with Gasteiger partial charge in [0.1, 0.15) is 11.9 Å². The highest BCUT2D eigenvalue weighted by atomic mass is 35.5. The van der Waals surface area contributed by atoms with Crippen LogP contribution in [0.4, 0.5) is 0 Å². The lowest BCUT2D eigenvalue weighted by Crippen LogP contribution is -2.29. The van der Waals surface area contributed by atoms with Crippen LogP contribution in [0, 0.1) is 0 Å². The van der Waals surface area contributed by atoms with Crippen molar-refractivity contribution in [2.24, 2.45) is 5.73 Å². The summed E-state index contributed by atoms with van der Waals surface area (Å²) in [4.78, 5) is 0. The molecule has 3 heteroatoms. The Kier molecular flexibility index (Phi) is 5.05. The van der Waals surface area contributed by atoms with Crippen molar-refractivity contribution in [1.82, 2.24) is 0 Å². The molecule has 2 N–H and O–H groups in total. The van der Waals surface area contributed by atoms with E-state index in [2.05, 4.69) is 19.1 Å². The lowest BCUT2D eigenvalue weighted by atomic mass is 10.0. The van der Waals surface area contributed by atoms with Crippen LogP contribution in [0.5, 0.6) is 5.75 Å². The van der Waals surface area contributed by atoms with E-state index in [0.29, 0.717) is 5.02 Å². The molecule has 20 heavy (non-hydrogen) atoms. The van der Waals surface area contributed by atoms with Gasteiger partial charge < -0.3 is 10.5 Å². The minimum Gasteiger partial charge on any atom is -0.484 e. The van der Waals surface area contributed by atoms with Gasteiger partial charge in [0.05, 0.1) is 0 Å². The van der Waals surface area contributed by atoms with Gasteiger partial charge in [0, 0.05) is 11.1 Å². The normalized spacial score (nSPS) is 13.8. The maximum atomic E-state index is 6.05. The Labute approximate surface area is 125 Å². The zero-order valence-corrected chi connectivity index (χ0v) is 12.6. The number of hydrogen-bond acceptors (Lipinski definition) is 2. The molecule has 0 spiro atoms. The molecule has 2 unspecified atom stereocenters. The van der Waals surface area contributed by atoms with E-state index in [-0.39, 0.29) is 12.1 Å². The third-order valence-corrected chi connectivity index (χ3v) is 3.48. The van der Waals surface area contributed by atoms with Crippen LogP contribution < -0.4 is 10.5 Å². The van der Waals surface area contributed by atoms with Crippen molar-refractivity contribution in [1.29, 1.82) is 0 Å². The zero-order valence-electron chi connectivity index (χ0n) is 11.8. The first-order valence-corrected chi connectivity index (χ1v) is 7.24. The van der Waals surface area contributed by atoms with E-state index in [1.165, 1.54) is 5.56 Å². The van der Waals surface area contributed by atoms with Crippen molar-refractivity contribution < 1.29 is 4.74 Å². The second-order valence-corrected chi connectivity index (χ2v) is 5.39. The number of benzene rings is 2. The first-order chi connectivity index (χ1) is 9.60. The molecular weight excluding hydrogens is 270 g/mol. The minimum absolute atomic E-state index is 0.126. The summed E-state index contributed by atoms with van der Waals surface area (Å²) in [5.74, 6) is 0.824. The van der Waals surface area contributed by atoms with Gasteiger partial charge in [0.25, 0.3) is 0 Å².